The molecule has 0 saturated heterocycles. The van der Waals surface area contributed by atoms with Crippen molar-refractivity contribution in [3.05, 3.63) is 29.8 Å². The van der Waals surface area contributed by atoms with Crippen LogP contribution in [0, 0.1) is 10.8 Å². The molecule has 0 aromatic heterocycles. The zero-order chi connectivity index (χ0) is 12.0. The van der Waals surface area contributed by atoms with Gasteiger partial charge in [-0.25, -0.2) is 0 Å². The molecule has 86 valence electrons. The van der Waals surface area contributed by atoms with Crippen LogP contribution in [0.2, 0.25) is 0 Å². The van der Waals surface area contributed by atoms with E-state index in [9.17, 15) is 0 Å². The van der Waals surface area contributed by atoms with Gasteiger partial charge in [0.1, 0.15) is 0 Å². The third kappa shape index (κ3) is 3.27. The standard InChI is InChI=1S/C11H17N5/c1-3-8-6-4-5-7-9(8)15-11(13)16-10(12)14-2/h4-7H,3H2,1-2H3,(H5,12,13,14,15,16). The Morgan fingerprint density at radius 3 is 2.50 bits per heavy atom. The number of hydrogen-bond donors (Lipinski definition) is 5. The van der Waals surface area contributed by atoms with Gasteiger partial charge in [-0.1, -0.05) is 25.1 Å². The summed E-state index contributed by atoms with van der Waals surface area (Å²) in [5, 5.41) is 23.1. The highest BCUT2D eigenvalue weighted by molar-refractivity contribution is 6.02. The van der Waals surface area contributed by atoms with Crippen LogP contribution in [-0.4, -0.2) is 19.0 Å². The fraction of sp³-hybridized carbons (Fsp3) is 0.273. The third-order valence-corrected chi connectivity index (χ3v) is 2.16. The predicted octanol–water partition coefficient (Wildman–Crippen LogP) is 1.34. The molecule has 0 fully saturated rings. The number of guanidine groups is 2. The minimum Gasteiger partial charge on any atom is -0.359 e. The van der Waals surface area contributed by atoms with Crippen molar-refractivity contribution in [2.45, 2.75) is 13.3 Å². The van der Waals surface area contributed by atoms with Crippen molar-refractivity contribution >= 4 is 17.6 Å². The largest absolute Gasteiger partial charge is 0.359 e. The summed E-state index contributed by atoms with van der Waals surface area (Å²) in [5.41, 5.74) is 2.04. The first-order valence-electron chi connectivity index (χ1n) is 5.14. The van der Waals surface area contributed by atoms with Crippen LogP contribution in [0.25, 0.3) is 0 Å². The van der Waals surface area contributed by atoms with Crippen molar-refractivity contribution in [2.24, 2.45) is 0 Å². The van der Waals surface area contributed by atoms with Gasteiger partial charge in [0.05, 0.1) is 0 Å². The lowest BCUT2D eigenvalue weighted by Gasteiger charge is -2.13. The number of benzene rings is 1. The molecule has 0 atom stereocenters. The van der Waals surface area contributed by atoms with Gasteiger partial charge in [-0.05, 0) is 18.1 Å². The molecule has 0 aliphatic rings. The summed E-state index contributed by atoms with van der Waals surface area (Å²) in [7, 11) is 1.63. The number of rotatable bonds is 2. The summed E-state index contributed by atoms with van der Waals surface area (Å²) >= 11 is 0. The molecule has 0 aliphatic heterocycles. The van der Waals surface area contributed by atoms with Crippen LogP contribution in [0.4, 0.5) is 5.69 Å². The SMILES string of the molecule is CCc1ccccc1NC(=N)NC(=N)NC. The molecule has 0 radical (unpaired) electrons. The molecule has 1 aromatic rings. The van der Waals surface area contributed by atoms with Crippen molar-refractivity contribution in [1.29, 1.82) is 10.8 Å². The van der Waals surface area contributed by atoms with Gasteiger partial charge in [-0.3, -0.25) is 16.1 Å². The quantitative estimate of drug-likeness (QED) is 0.384. The Balaban J connectivity index is 2.65. The molecular formula is C11H17N5. The van der Waals surface area contributed by atoms with Gasteiger partial charge in [0, 0.05) is 12.7 Å². The summed E-state index contributed by atoms with van der Waals surface area (Å²) in [5.74, 6) is 0.173. The Bertz CT molecular complexity index is 386. The number of para-hydroxylation sites is 1. The van der Waals surface area contributed by atoms with Crippen LogP contribution in [0.1, 0.15) is 12.5 Å². The monoisotopic (exact) mass is 219 g/mol. The van der Waals surface area contributed by atoms with Gasteiger partial charge in [-0.2, -0.15) is 0 Å². The number of nitrogens with one attached hydrogen (secondary N) is 5. The number of aryl methyl sites for hydroxylation is 1. The van der Waals surface area contributed by atoms with E-state index >= 15 is 0 Å². The molecule has 0 amide bonds. The van der Waals surface area contributed by atoms with E-state index in [1.54, 1.807) is 7.05 Å². The third-order valence-electron chi connectivity index (χ3n) is 2.16. The Hall–Kier alpha value is -2.04. The van der Waals surface area contributed by atoms with Crippen LogP contribution < -0.4 is 16.0 Å². The highest BCUT2D eigenvalue weighted by Gasteiger charge is 2.02. The lowest BCUT2D eigenvalue weighted by atomic mass is 10.1. The van der Waals surface area contributed by atoms with E-state index in [2.05, 4.69) is 22.9 Å². The van der Waals surface area contributed by atoms with Crippen molar-refractivity contribution < 1.29 is 0 Å². The zero-order valence-electron chi connectivity index (χ0n) is 9.52. The molecular weight excluding hydrogens is 202 g/mol. The van der Waals surface area contributed by atoms with E-state index in [0.29, 0.717) is 0 Å². The molecule has 1 aromatic carbocycles. The van der Waals surface area contributed by atoms with Crippen LogP contribution in [0.15, 0.2) is 24.3 Å². The van der Waals surface area contributed by atoms with Gasteiger partial charge in [-0.15, -0.1) is 0 Å². The van der Waals surface area contributed by atoms with E-state index in [4.69, 9.17) is 10.8 Å². The lowest BCUT2D eigenvalue weighted by molar-refractivity contribution is 1.05. The summed E-state index contributed by atoms with van der Waals surface area (Å²) in [6.07, 6.45) is 0.903. The topological polar surface area (TPSA) is 83.8 Å². The normalized spacial score (nSPS) is 9.38. The first kappa shape index (κ1) is 12.0. The van der Waals surface area contributed by atoms with E-state index in [0.717, 1.165) is 17.7 Å². The van der Waals surface area contributed by atoms with Crippen molar-refractivity contribution in [3.63, 3.8) is 0 Å². The van der Waals surface area contributed by atoms with Crippen LogP contribution >= 0.6 is 0 Å². The van der Waals surface area contributed by atoms with Gasteiger partial charge < -0.3 is 10.6 Å². The molecule has 0 aliphatic carbocycles. The fourth-order valence-electron chi connectivity index (χ4n) is 1.30. The maximum Gasteiger partial charge on any atom is 0.199 e. The van der Waals surface area contributed by atoms with E-state index in [-0.39, 0.29) is 11.9 Å². The molecule has 0 heterocycles. The van der Waals surface area contributed by atoms with Crippen molar-refractivity contribution in [1.82, 2.24) is 10.6 Å². The first-order valence-corrected chi connectivity index (χ1v) is 5.14. The minimum absolute atomic E-state index is 0.0836. The lowest BCUT2D eigenvalue weighted by Crippen LogP contribution is -2.41. The maximum atomic E-state index is 7.63. The van der Waals surface area contributed by atoms with Gasteiger partial charge in [0.2, 0.25) is 0 Å². The van der Waals surface area contributed by atoms with E-state index in [1.807, 2.05) is 24.3 Å². The molecule has 0 spiro atoms. The Kier molecular flexibility index (Phi) is 4.32. The number of anilines is 1. The highest BCUT2D eigenvalue weighted by atomic mass is 15.2. The van der Waals surface area contributed by atoms with Gasteiger partial charge in [0.15, 0.2) is 11.9 Å². The summed E-state index contributed by atoms with van der Waals surface area (Å²) in [6, 6.07) is 7.81. The van der Waals surface area contributed by atoms with E-state index in [1.165, 1.54) is 0 Å². The summed E-state index contributed by atoms with van der Waals surface area (Å²) < 4.78 is 0. The van der Waals surface area contributed by atoms with Crippen LogP contribution in [0.3, 0.4) is 0 Å². The Morgan fingerprint density at radius 2 is 1.88 bits per heavy atom. The molecule has 1 rings (SSSR count). The molecule has 0 bridgehead atoms. The molecule has 5 nitrogen and oxygen atoms in total. The average Bonchev–Trinajstić information content (AvgIpc) is 2.29. The maximum absolute atomic E-state index is 7.63. The highest BCUT2D eigenvalue weighted by Crippen LogP contribution is 2.14. The minimum atomic E-state index is 0.0836. The average molecular weight is 219 g/mol. The van der Waals surface area contributed by atoms with Gasteiger partial charge in [0.25, 0.3) is 0 Å². The second-order valence-corrected chi connectivity index (χ2v) is 3.26. The Morgan fingerprint density at radius 1 is 1.19 bits per heavy atom. The molecule has 0 saturated carbocycles. The van der Waals surface area contributed by atoms with Crippen molar-refractivity contribution in [2.75, 3.05) is 12.4 Å². The van der Waals surface area contributed by atoms with Crippen LogP contribution in [0.5, 0.6) is 0 Å². The summed E-state index contributed by atoms with van der Waals surface area (Å²) in [4.78, 5) is 0. The van der Waals surface area contributed by atoms with E-state index < -0.39 is 0 Å². The van der Waals surface area contributed by atoms with Crippen LogP contribution in [-0.2, 0) is 6.42 Å². The summed E-state index contributed by atoms with van der Waals surface area (Å²) in [6.45, 7) is 2.06. The predicted molar refractivity (Wildman–Crippen MR) is 67.1 cm³/mol. The molecule has 0 unspecified atom stereocenters. The first-order chi connectivity index (χ1) is 7.67. The number of hydrogen-bond acceptors (Lipinski definition) is 2. The van der Waals surface area contributed by atoms with Gasteiger partial charge >= 0.3 is 0 Å². The molecule has 5 N–H and O–H groups in total. The zero-order valence-corrected chi connectivity index (χ0v) is 9.52. The fourth-order valence-corrected chi connectivity index (χ4v) is 1.30. The molecule has 16 heavy (non-hydrogen) atoms. The second kappa shape index (κ2) is 5.75. The van der Waals surface area contributed by atoms with Crippen molar-refractivity contribution in [3.8, 4) is 0 Å². The molecule has 5 heteroatoms. The Labute approximate surface area is 95.3 Å². The smallest absolute Gasteiger partial charge is 0.199 e. The second-order valence-electron chi connectivity index (χ2n) is 3.26.